The molecule has 0 aliphatic carbocycles. The summed E-state index contributed by atoms with van der Waals surface area (Å²) < 4.78 is 0. The van der Waals surface area contributed by atoms with E-state index in [9.17, 15) is 14.9 Å². The number of anilines is 1. The summed E-state index contributed by atoms with van der Waals surface area (Å²) in [7, 11) is 1.99. The summed E-state index contributed by atoms with van der Waals surface area (Å²) in [6, 6.07) is 14.5. The molecule has 136 valence electrons. The number of nitrogens with zero attached hydrogens (tertiary/aromatic N) is 2. The van der Waals surface area contributed by atoms with Crippen LogP contribution in [-0.2, 0) is 4.79 Å². The molecule has 0 unspecified atom stereocenters. The summed E-state index contributed by atoms with van der Waals surface area (Å²) in [6.45, 7) is 0.811. The molecule has 0 saturated heterocycles. The monoisotopic (exact) mass is 354 g/mol. The van der Waals surface area contributed by atoms with E-state index < -0.39 is 10.9 Å². The van der Waals surface area contributed by atoms with Crippen LogP contribution < -0.4 is 4.90 Å². The summed E-state index contributed by atoms with van der Waals surface area (Å²) in [5.41, 5.74) is 3.09. The molecule has 6 nitrogen and oxygen atoms in total. The highest BCUT2D eigenvalue weighted by molar-refractivity contribution is 5.71. The second-order valence-electron chi connectivity index (χ2n) is 6.05. The van der Waals surface area contributed by atoms with Crippen LogP contribution in [0, 0.1) is 10.1 Å². The Bertz CT molecular complexity index is 767. The number of hydrogen-bond donors (Lipinski definition) is 1. The fraction of sp³-hybridized carbons (Fsp3) is 0.250. The molecule has 0 bridgehead atoms. The minimum atomic E-state index is -0.753. The average molecular weight is 354 g/mol. The van der Waals surface area contributed by atoms with Crippen molar-refractivity contribution in [1.82, 2.24) is 0 Å². The van der Waals surface area contributed by atoms with E-state index in [1.807, 2.05) is 43.5 Å². The normalized spacial score (nSPS) is 10.8. The number of benzene rings is 2. The Hall–Kier alpha value is -3.15. The number of aliphatic carboxylic acids is 1. The second-order valence-corrected chi connectivity index (χ2v) is 6.05. The third kappa shape index (κ3) is 6.05. The quantitative estimate of drug-likeness (QED) is 0.311. The van der Waals surface area contributed by atoms with E-state index in [1.165, 1.54) is 12.1 Å². The Morgan fingerprint density at radius 1 is 1.04 bits per heavy atom. The van der Waals surface area contributed by atoms with Gasteiger partial charge in [-0.15, -0.1) is 0 Å². The van der Waals surface area contributed by atoms with Crippen LogP contribution in [0.15, 0.2) is 48.5 Å². The number of hydrogen-bond acceptors (Lipinski definition) is 4. The van der Waals surface area contributed by atoms with Crippen LogP contribution in [0.25, 0.3) is 12.2 Å². The van der Waals surface area contributed by atoms with Crippen molar-refractivity contribution >= 4 is 29.5 Å². The Morgan fingerprint density at radius 2 is 1.58 bits per heavy atom. The predicted octanol–water partition coefficient (Wildman–Crippen LogP) is 4.46. The summed E-state index contributed by atoms with van der Waals surface area (Å²) in [4.78, 5) is 22.9. The summed E-state index contributed by atoms with van der Waals surface area (Å²) >= 11 is 0. The third-order valence-corrected chi connectivity index (χ3v) is 4.04. The minimum Gasteiger partial charge on any atom is -0.481 e. The van der Waals surface area contributed by atoms with Crippen LogP contribution in [0.2, 0.25) is 0 Å². The van der Waals surface area contributed by atoms with Gasteiger partial charge >= 0.3 is 5.97 Å². The molecule has 2 aromatic carbocycles. The Labute approximate surface area is 152 Å². The number of carboxylic acid groups (broad SMARTS) is 1. The van der Waals surface area contributed by atoms with E-state index in [4.69, 9.17) is 5.11 Å². The van der Waals surface area contributed by atoms with E-state index in [0.717, 1.165) is 29.8 Å². The van der Waals surface area contributed by atoms with Crippen LogP contribution in [-0.4, -0.2) is 29.6 Å². The van der Waals surface area contributed by atoms with Crippen molar-refractivity contribution < 1.29 is 14.8 Å². The van der Waals surface area contributed by atoms with Crippen LogP contribution in [0.4, 0.5) is 11.4 Å². The standard InChI is InChI=1S/C20H22N2O4/c1-21(15-3-2-4-20(23)24)18-11-7-16(8-12-18)5-6-17-9-13-19(14-10-17)22(25)26/h5-14H,2-4,15H2,1H3,(H,23,24). The number of nitro groups is 1. The molecule has 0 spiro atoms. The highest BCUT2D eigenvalue weighted by Gasteiger charge is 2.03. The zero-order valence-corrected chi connectivity index (χ0v) is 14.7. The molecule has 26 heavy (non-hydrogen) atoms. The van der Waals surface area contributed by atoms with E-state index in [1.54, 1.807) is 12.1 Å². The SMILES string of the molecule is CN(CCCCC(=O)O)c1ccc(C=Cc2ccc([N+](=O)[O-])cc2)cc1. The van der Waals surface area contributed by atoms with Crippen LogP contribution in [0.3, 0.4) is 0 Å². The van der Waals surface area contributed by atoms with Crippen molar-refractivity contribution in [2.75, 3.05) is 18.5 Å². The lowest BCUT2D eigenvalue weighted by Crippen LogP contribution is -2.18. The van der Waals surface area contributed by atoms with Gasteiger partial charge in [0, 0.05) is 37.8 Å². The first-order valence-electron chi connectivity index (χ1n) is 8.41. The van der Waals surface area contributed by atoms with Gasteiger partial charge in [0.2, 0.25) is 0 Å². The van der Waals surface area contributed by atoms with Crippen LogP contribution >= 0.6 is 0 Å². The maximum atomic E-state index is 10.6. The lowest BCUT2D eigenvalue weighted by Gasteiger charge is -2.19. The Kier molecular flexibility index (Phi) is 6.91. The van der Waals surface area contributed by atoms with Crippen molar-refractivity contribution in [1.29, 1.82) is 0 Å². The topological polar surface area (TPSA) is 83.7 Å². The van der Waals surface area contributed by atoms with Crippen LogP contribution in [0.5, 0.6) is 0 Å². The molecule has 6 heteroatoms. The lowest BCUT2D eigenvalue weighted by molar-refractivity contribution is -0.384. The van der Waals surface area contributed by atoms with Gasteiger partial charge in [-0.1, -0.05) is 24.3 Å². The number of rotatable bonds is 9. The molecular weight excluding hydrogens is 332 g/mol. The third-order valence-electron chi connectivity index (χ3n) is 4.04. The molecule has 0 atom stereocenters. The Morgan fingerprint density at radius 3 is 2.08 bits per heavy atom. The predicted molar refractivity (Wildman–Crippen MR) is 103 cm³/mol. The van der Waals surface area contributed by atoms with Crippen molar-refractivity contribution in [3.8, 4) is 0 Å². The molecule has 0 radical (unpaired) electrons. The van der Waals surface area contributed by atoms with Gasteiger partial charge in [0.15, 0.2) is 0 Å². The van der Waals surface area contributed by atoms with Crippen molar-refractivity contribution in [2.24, 2.45) is 0 Å². The van der Waals surface area contributed by atoms with Gasteiger partial charge in [0.25, 0.3) is 5.69 Å². The highest BCUT2D eigenvalue weighted by Crippen LogP contribution is 2.17. The van der Waals surface area contributed by atoms with Crippen molar-refractivity contribution in [3.63, 3.8) is 0 Å². The molecule has 0 aliphatic heterocycles. The maximum absolute atomic E-state index is 10.6. The first-order valence-corrected chi connectivity index (χ1v) is 8.41. The highest BCUT2D eigenvalue weighted by atomic mass is 16.6. The summed E-state index contributed by atoms with van der Waals surface area (Å²) in [6.07, 6.45) is 5.59. The number of nitro benzene ring substituents is 1. The van der Waals surface area contributed by atoms with E-state index >= 15 is 0 Å². The fourth-order valence-corrected chi connectivity index (χ4v) is 2.49. The van der Waals surface area contributed by atoms with Gasteiger partial charge in [-0.25, -0.2) is 0 Å². The van der Waals surface area contributed by atoms with Crippen molar-refractivity contribution in [3.05, 3.63) is 69.8 Å². The van der Waals surface area contributed by atoms with E-state index in [0.29, 0.717) is 6.42 Å². The molecule has 0 saturated carbocycles. The maximum Gasteiger partial charge on any atom is 0.303 e. The molecule has 0 heterocycles. The largest absolute Gasteiger partial charge is 0.481 e. The lowest BCUT2D eigenvalue weighted by atomic mass is 10.1. The zero-order chi connectivity index (χ0) is 18.9. The molecule has 2 aromatic rings. The van der Waals surface area contributed by atoms with E-state index in [2.05, 4.69) is 4.90 Å². The van der Waals surface area contributed by atoms with Gasteiger partial charge in [0.05, 0.1) is 4.92 Å². The molecular formula is C20H22N2O4. The van der Waals surface area contributed by atoms with Crippen LogP contribution in [0.1, 0.15) is 30.4 Å². The summed E-state index contributed by atoms with van der Waals surface area (Å²) in [5, 5.41) is 19.3. The first-order chi connectivity index (χ1) is 12.5. The summed E-state index contributed by atoms with van der Waals surface area (Å²) in [5.74, 6) is -0.753. The molecule has 0 aliphatic rings. The zero-order valence-electron chi connectivity index (χ0n) is 14.7. The molecule has 0 fully saturated rings. The van der Waals surface area contributed by atoms with Gasteiger partial charge < -0.3 is 10.0 Å². The number of non-ortho nitro benzene ring substituents is 1. The number of unbranched alkanes of at least 4 members (excludes halogenated alkanes) is 1. The smallest absolute Gasteiger partial charge is 0.303 e. The fourth-order valence-electron chi connectivity index (χ4n) is 2.49. The Balaban J connectivity index is 1.89. The second kappa shape index (κ2) is 9.36. The minimum absolute atomic E-state index is 0.0814. The van der Waals surface area contributed by atoms with E-state index in [-0.39, 0.29) is 12.1 Å². The molecule has 2 rings (SSSR count). The number of carbonyl (C=O) groups is 1. The van der Waals surface area contributed by atoms with Gasteiger partial charge in [-0.05, 0) is 48.2 Å². The number of carboxylic acids is 1. The van der Waals surface area contributed by atoms with Crippen molar-refractivity contribution in [2.45, 2.75) is 19.3 Å². The first kappa shape index (κ1) is 19.2. The van der Waals surface area contributed by atoms with Gasteiger partial charge in [-0.2, -0.15) is 0 Å². The molecule has 0 aromatic heterocycles. The molecule has 1 N–H and O–H groups in total. The van der Waals surface area contributed by atoms with Gasteiger partial charge in [0.1, 0.15) is 0 Å². The average Bonchev–Trinajstić information content (AvgIpc) is 2.64. The van der Waals surface area contributed by atoms with Gasteiger partial charge in [-0.3, -0.25) is 14.9 Å². The molecule has 0 amide bonds.